The van der Waals surface area contributed by atoms with Crippen molar-refractivity contribution in [2.45, 2.75) is 52.4 Å². The maximum Gasteiger partial charge on any atom is 0.0110 e. The summed E-state index contributed by atoms with van der Waals surface area (Å²) in [6.07, 6.45) is 8.49. The topological polar surface area (TPSA) is 6.48 Å². The van der Waals surface area contributed by atoms with E-state index in [-0.39, 0.29) is 0 Å². The third-order valence-corrected chi connectivity index (χ3v) is 3.65. The van der Waals surface area contributed by atoms with Crippen LogP contribution >= 0.6 is 0 Å². The van der Waals surface area contributed by atoms with Gasteiger partial charge < -0.3 is 0 Å². The normalized spacial score (nSPS) is 27.4. The van der Waals surface area contributed by atoms with E-state index < -0.39 is 0 Å². The highest BCUT2D eigenvalue weighted by molar-refractivity contribution is 4.78. The van der Waals surface area contributed by atoms with Crippen molar-refractivity contribution >= 4 is 0 Å². The molecule has 16 heavy (non-hydrogen) atoms. The van der Waals surface area contributed by atoms with E-state index in [9.17, 15) is 0 Å². The smallest absolute Gasteiger partial charge is 0.0110 e. The predicted octanol–water partition coefficient (Wildman–Crippen LogP) is 2.98. The molecule has 0 aromatic carbocycles. The zero-order valence-corrected chi connectivity index (χ0v) is 11.4. The molecule has 0 aromatic heterocycles. The molecular formula is C14H30N2. The van der Waals surface area contributed by atoms with Crippen LogP contribution in [0.2, 0.25) is 0 Å². The Morgan fingerprint density at radius 1 is 0.562 bits per heavy atom. The highest BCUT2D eigenvalue weighted by Gasteiger charge is 2.21. The number of nitrogens with zero attached hydrogens (tertiary/aromatic N) is 2. The number of unbranched alkanes of at least 4 members (excludes halogenated alkanes) is 5. The molecule has 96 valence electrons. The first-order chi connectivity index (χ1) is 7.86. The molecule has 3 aliphatic rings. The second kappa shape index (κ2) is 9.00. The van der Waals surface area contributed by atoms with Crippen LogP contribution in [0.1, 0.15) is 52.4 Å². The van der Waals surface area contributed by atoms with Crippen LogP contribution in [0.4, 0.5) is 0 Å². The van der Waals surface area contributed by atoms with Crippen LogP contribution in [0.25, 0.3) is 0 Å². The van der Waals surface area contributed by atoms with Gasteiger partial charge in [-0.1, -0.05) is 52.4 Å². The Morgan fingerprint density at radius 3 is 1.06 bits per heavy atom. The minimum atomic E-state index is 1.32. The summed E-state index contributed by atoms with van der Waals surface area (Å²) in [5.41, 5.74) is 0. The number of hydrogen-bond acceptors (Lipinski definition) is 2. The average molecular weight is 226 g/mol. The van der Waals surface area contributed by atoms with Crippen LogP contribution in [0.15, 0.2) is 0 Å². The van der Waals surface area contributed by atoms with Crippen LogP contribution in [0, 0.1) is 0 Å². The van der Waals surface area contributed by atoms with Crippen molar-refractivity contribution < 1.29 is 0 Å². The molecule has 3 saturated heterocycles. The summed E-state index contributed by atoms with van der Waals surface area (Å²) in [6, 6.07) is 0. The van der Waals surface area contributed by atoms with Gasteiger partial charge in [0.15, 0.2) is 0 Å². The van der Waals surface area contributed by atoms with Gasteiger partial charge >= 0.3 is 0 Å². The predicted molar refractivity (Wildman–Crippen MR) is 71.9 cm³/mol. The fraction of sp³-hybridized carbons (Fsp3) is 1.00. The van der Waals surface area contributed by atoms with Crippen LogP contribution < -0.4 is 0 Å². The van der Waals surface area contributed by atoms with Crippen molar-refractivity contribution in [3.05, 3.63) is 0 Å². The van der Waals surface area contributed by atoms with E-state index in [0.29, 0.717) is 0 Å². The average Bonchev–Trinajstić information content (AvgIpc) is 2.38. The third kappa shape index (κ3) is 5.86. The minimum absolute atomic E-state index is 1.32. The molecule has 3 fully saturated rings. The molecule has 3 heterocycles. The number of piperazine rings is 3. The molecule has 0 unspecified atom stereocenters. The molecule has 0 N–H and O–H groups in total. The summed E-state index contributed by atoms with van der Waals surface area (Å²) in [7, 11) is 0. The van der Waals surface area contributed by atoms with Crippen molar-refractivity contribution in [3.8, 4) is 0 Å². The Bertz CT molecular complexity index is 122. The minimum Gasteiger partial charge on any atom is -0.300 e. The van der Waals surface area contributed by atoms with Gasteiger partial charge in [-0.05, 0) is 0 Å². The van der Waals surface area contributed by atoms with Crippen molar-refractivity contribution in [1.82, 2.24) is 9.80 Å². The van der Waals surface area contributed by atoms with E-state index in [1.807, 2.05) is 0 Å². The molecule has 2 heteroatoms. The Hall–Kier alpha value is -0.0800. The fourth-order valence-electron chi connectivity index (χ4n) is 2.37. The molecular weight excluding hydrogens is 196 g/mol. The molecule has 0 aromatic rings. The van der Waals surface area contributed by atoms with Gasteiger partial charge in [0, 0.05) is 39.3 Å². The largest absolute Gasteiger partial charge is 0.300 e. The molecule has 3 rings (SSSR count). The Labute approximate surface area is 102 Å². The molecule has 3 aliphatic heterocycles. The SMILES string of the molecule is C1CN2CCN1CC2.CCCCCCCC. The van der Waals surface area contributed by atoms with Crippen molar-refractivity contribution in [2.24, 2.45) is 0 Å². The van der Waals surface area contributed by atoms with Crippen LogP contribution in [0.5, 0.6) is 0 Å². The van der Waals surface area contributed by atoms with Gasteiger partial charge in [-0.2, -0.15) is 0 Å². The van der Waals surface area contributed by atoms with E-state index in [2.05, 4.69) is 23.6 Å². The highest BCUT2D eigenvalue weighted by Crippen LogP contribution is 2.06. The summed E-state index contributed by atoms with van der Waals surface area (Å²) in [4.78, 5) is 5.08. The Balaban J connectivity index is 0.000000160. The monoisotopic (exact) mass is 226 g/mol. The summed E-state index contributed by atoms with van der Waals surface area (Å²) >= 11 is 0. The molecule has 0 radical (unpaired) electrons. The van der Waals surface area contributed by atoms with Crippen molar-refractivity contribution in [1.29, 1.82) is 0 Å². The van der Waals surface area contributed by atoms with Crippen molar-refractivity contribution in [2.75, 3.05) is 39.3 Å². The van der Waals surface area contributed by atoms with Gasteiger partial charge in [-0.25, -0.2) is 0 Å². The van der Waals surface area contributed by atoms with Gasteiger partial charge in [0.05, 0.1) is 0 Å². The maximum atomic E-state index is 2.54. The molecule has 0 spiro atoms. The lowest BCUT2D eigenvalue weighted by Gasteiger charge is -2.41. The van der Waals surface area contributed by atoms with Crippen LogP contribution in [-0.4, -0.2) is 49.1 Å². The summed E-state index contributed by atoms with van der Waals surface area (Å²) in [5, 5.41) is 0. The van der Waals surface area contributed by atoms with E-state index in [0.717, 1.165) is 0 Å². The lowest BCUT2D eigenvalue weighted by atomic mass is 10.1. The quantitative estimate of drug-likeness (QED) is 0.665. The zero-order valence-electron chi connectivity index (χ0n) is 11.4. The Kier molecular flexibility index (Phi) is 7.87. The van der Waals surface area contributed by atoms with Gasteiger partial charge in [0.25, 0.3) is 0 Å². The summed E-state index contributed by atoms with van der Waals surface area (Å²) < 4.78 is 0. The molecule has 0 aliphatic carbocycles. The van der Waals surface area contributed by atoms with E-state index in [4.69, 9.17) is 0 Å². The lowest BCUT2D eigenvalue weighted by molar-refractivity contribution is 0.0647. The second-order valence-electron chi connectivity index (χ2n) is 5.10. The molecule has 2 bridgehead atoms. The standard InChI is InChI=1S/C8H18.C6H12N2/c1-3-5-7-8-6-4-2;1-2-8-5-3-7(1)4-6-8/h3-8H2,1-2H3;1-6H2. The summed E-state index contributed by atoms with van der Waals surface area (Å²) in [5.74, 6) is 0. The van der Waals surface area contributed by atoms with Gasteiger partial charge in [0.1, 0.15) is 0 Å². The van der Waals surface area contributed by atoms with Gasteiger partial charge in [-0.3, -0.25) is 9.80 Å². The molecule has 2 nitrogen and oxygen atoms in total. The maximum absolute atomic E-state index is 2.54. The second-order valence-corrected chi connectivity index (χ2v) is 5.10. The number of hydrogen-bond donors (Lipinski definition) is 0. The molecule has 0 amide bonds. The van der Waals surface area contributed by atoms with Crippen LogP contribution in [-0.2, 0) is 0 Å². The third-order valence-electron chi connectivity index (χ3n) is 3.65. The van der Waals surface area contributed by atoms with E-state index in [1.54, 1.807) is 0 Å². The Morgan fingerprint density at radius 2 is 0.875 bits per heavy atom. The van der Waals surface area contributed by atoms with E-state index >= 15 is 0 Å². The van der Waals surface area contributed by atoms with Gasteiger partial charge in [-0.15, -0.1) is 0 Å². The van der Waals surface area contributed by atoms with Crippen LogP contribution in [0.3, 0.4) is 0 Å². The first-order valence-electron chi connectivity index (χ1n) is 7.31. The highest BCUT2D eigenvalue weighted by atomic mass is 15.3. The number of fused-ring (bicyclic) bond motifs is 3. The first-order valence-corrected chi connectivity index (χ1v) is 7.31. The zero-order chi connectivity index (χ0) is 11.6. The summed E-state index contributed by atoms with van der Waals surface area (Å²) in [6.45, 7) is 12.4. The van der Waals surface area contributed by atoms with Crippen molar-refractivity contribution in [3.63, 3.8) is 0 Å². The van der Waals surface area contributed by atoms with E-state index in [1.165, 1.54) is 77.8 Å². The fourth-order valence-corrected chi connectivity index (χ4v) is 2.37. The number of rotatable bonds is 5. The van der Waals surface area contributed by atoms with Gasteiger partial charge in [0.2, 0.25) is 0 Å². The lowest BCUT2D eigenvalue weighted by Crippen LogP contribution is -2.55. The molecule has 0 atom stereocenters. The molecule has 0 saturated carbocycles. The first kappa shape index (κ1) is 14.0.